The van der Waals surface area contributed by atoms with Crippen molar-refractivity contribution in [3.63, 3.8) is 0 Å². The van der Waals surface area contributed by atoms with Crippen LogP contribution >= 0.6 is 11.6 Å². The van der Waals surface area contributed by atoms with E-state index in [0.717, 1.165) is 11.3 Å². The summed E-state index contributed by atoms with van der Waals surface area (Å²) in [5, 5.41) is 0.682. The number of hydrogen-bond acceptors (Lipinski definition) is 2. The highest BCUT2D eigenvalue weighted by Gasteiger charge is 2.29. The molecule has 3 rings (SSSR count). The van der Waals surface area contributed by atoms with E-state index in [0.29, 0.717) is 18.1 Å². The molecule has 0 radical (unpaired) electrons. The Morgan fingerprint density at radius 1 is 1.38 bits per heavy atom. The molecule has 106 valence electrons. The molecule has 2 aromatic rings. The molecular weight excluding hydrogens is 284 g/mol. The Morgan fingerprint density at radius 2 is 2.24 bits per heavy atom. The zero-order valence-corrected chi connectivity index (χ0v) is 12.3. The molecule has 1 aromatic heterocycles. The fourth-order valence-corrected chi connectivity index (χ4v) is 2.97. The van der Waals surface area contributed by atoms with E-state index in [-0.39, 0.29) is 11.8 Å². The average molecular weight is 299 g/mol. The van der Waals surface area contributed by atoms with Crippen molar-refractivity contribution in [2.75, 3.05) is 6.54 Å². The first-order valence-electron chi connectivity index (χ1n) is 6.79. The van der Waals surface area contributed by atoms with Gasteiger partial charge in [-0.1, -0.05) is 30.3 Å². The molecule has 1 aromatic carbocycles. The first kappa shape index (κ1) is 13.8. The Balaban J connectivity index is 2.07. The van der Waals surface area contributed by atoms with Crippen molar-refractivity contribution < 1.29 is 4.79 Å². The number of hydrogen-bond donors (Lipinski definition) is 0. The molecule has 3 nitrogen and oxygen atoms in total. The molecule has 2 heterocycles. The van der Waals surface area contributed by atoms with Crippen molar-refractivity contribution in [3.8, 4) is 0 Å². The number of amides is 1. The van der Waals surface area contributed by atoms with E-state index in [4.69, 9.17) is 11.6 Å². The van der Waals surface area contributed by atoms with Gasteiger partial charge >= 0.3 is 0 Å². The van der Waals surface area contributed by atoms with Gasteiger partial charge in [-0.2, -0.15) is 0 Å². The number of benzene rings is 1. The molecule has 0 spiro atoms. The van der Waals surface area contributed by atoms with Gasteiger partial charge in [0.15, 0.2) is 0 Å². The molecular formula is C17H15ClN2O. The average Bonchev–Trinajstić information content (AvgIpc) is 2.53. The second-order valence-corrected chi connectivity index (χ2v) is 5.51. The highest BCUT2D eigenvalue weighted by atomic mass is 35.5. The van der Waals surface area contributed by atoms with Gasteiger partial charge in [0, 0.05) is 35.9 Å². The van der Waals surface area contributed by atoms with Crippen molar-refractivity contribution in [1.82, 2.24) is 9.88 Å². The summed E-state index contributed by atoms with van der Waals surface area (Å²) in [4.78, 5) is 18.2. The van der Waals surface area contributed by atoms with Crippen molar-refractivity contribution in [1.29, 1.82) is 0 Å². The van der Waals surface area contributed by atoms with Crippen molar-refractivity contribution in [2.45, 2.75) is 12.5 Å². The predicted molar refractivity (Wildman–Crippen MR) is 83.1 cm³/mol. The van der Waals surface area contributed by atoms with Crippen molar-refractivity contribution in [2.24, 2.45) is 0 Å². The molecule has 0 unspecified atom stereocenters. The van der Waals surface area contributed by atoms with Crippen molar-refractivity contribution in [3.05, 3.63) is 77.1 Å². The van der Waals surface area contributed by atoms with Gasteiger partial charge in [-0.05, 0) is 41.5 Å². The van der Waals surface area contributed by atoms with Gasteiger partial charge in [0.05, 0.1) is 0 Å². The standard InChI is InChI=1S/C17H15ClN2O/c1-2-17(21)20-10-12-9-13(18)6-7-14(12)15(11-20)16-5-3-4-8-19-16/h2-9,15H,1,10-11H2/t15-/m0/s1. The number of nitrogens with zero attached hydrogens (tertiary/aromatic N) is 2. The molecule has 0 fully saturated rings. The number of aromatic nitrogens is 1. The van der Waals surface area contributed by atoms with E-state index in [1.54, 1.807) is 11.1 Å². The lowest BCUT2D eigenvalue weighted by atomic mass is 9.87. The third-order valence-corrected chi connectivity index (χ3v) is 4.01. The van der Waals surface area contributed by atoms with Crippen molar-refractivity contribution >= 4 is 17.5 Å². The minimum absolute atomic E-state index is 0.0658. The summed E-state index contributed by atoms with van der Waals surface area (Å²) in [7, 11) is 0. The number of halogens is 1. The lowest BCUT2D eigenvalue weighted by Gasteiger charge is -2.34. The van der Waals surface area contributed by atoms with Crippen LogP contribution in [0, 0.1) is 0 Å². The summed E-state index contributed by atoms with van der Waals surface area (Å²) in [6.45, 7) is 4.74. The van der Waals surface area contributed by atoms with Crippen LogP contribution in [0.3, 0.4) is 0 Å². The number of rotatable bonds is 2. The molecule has 21 heavy (non-hydrogen) atoms. The lowest BCUT2D eigenvalue weighted by molar-refractivity contribution is -0.127. The Hall–Kier alpha value is -2.13. The van der Waals surface area contributed by atoms with Crippen LogP contribution in [-0.2, 0) is 11.3 Å². The van der Waals surface area contributed by atoms with Crippen LogP contribution in [0.2, 0.25) is 5.02 Å². The zero-order valence-electron chi connectivity index (χ0n) is 11.5. The summed E-state index contributed by atoms with van der Waals surface area (Å²) in [6.07, 6.45) is 3.13. The van der Waals surface area contributed by atoms with Gasteiger partial charge in [0.25, 0.3) is 0 Å². The van der Waals surface area contributed by atoms with E-state index in [2.05, 4.69) is 11.6 Å². The van der Waals surface area contributed by atoms with E-state index < -0.39 is 0 Å². The van der Waals surface area contributed by atoms with Gasteiger partial charge in [-0.25, -0.2) is 0 Å². The molecule has 1 aliphatic rings. The van der Waals surface area contributed by atoms with Crippen LogP contribution in [0.1, 0.15) is 22.7 Å². The predicted octanol–water partition coefficient (Wildman–Crippen LogP) is 3.40. The molecule has 0 aliphatic carbocycles. The smallest absolute Gasteiger partial charge is 0.246 e. The fourth-order valence-electron chi connectivity index (χ4n) is 2.77. The summed E-state index contributed by atoms with van der Waals surface area (Å²) in [6, 6.07) is 11.7. The van der Waals surface area contributed by atoms with Crippen LogP contribution < -0.4 is 0 Å². The van der Waals surface area contributed by atoms with E-state index in [1.807, 2.05) is 36.4 Å². The second-order valence-electron chi connectivity index (χ2n) is 5.07. The normalized spacial score (nSPS) is 17.2. The van der Waals surface area contributed by atoms with Gasteiger partial charge in [-0.15, -0.1) is 0 Å². The zero-order chi connectivity index (χ0) is 14.8. The first-order valence-corrected chi connectivity index (χ1v) is 7.17. The Bertz CT molecular complexity index is 684. The third-order valence-electron chi connectivity index (χ3n) is 3.78. The molecule has 1 aliphatic heterocycles. The minimum Gasteiger partial charge on any atom is -0.334 e. The summed E-state index contributed by atoms with van der Waals surface area (Å²) >= 11 is 6.09. The molecule has 0 N–H and O–H groups in total. The highest BCUT2D eigenvalue weighted by molar-refractivity contribution is 6.30. The van der Waals surface area contributed by atoms with E-state index in [1.165, 1.54) is 11.6 Å². The maximum Gasteiger partial charge on any atom is 0.246 e. The van der Waals surface area contributed by atoms with Crippen LogP contribution in [0.4, 0.5) is 0 Å². The third kappa shape index (κ3) is 2.69. The second kappa shape index (κ2) is 5.70. The van der Waals surface area contributed by atoms with Crippen LogP contribution in [-0.4, -0.2) is 22.3 Å². The maximum atomic E-state index is 12.0. The number of pyridine rings is 1. The van der Waals surface area contributed by atoms with Crippen LogP contribution in [0.5, 0.6) is 0 Å². The Labute approximate surface area is 128 Å². The number of carbonyl (C=O) groups excluding carboxylic acids is 1. The summed E-state index contributed by atoms with van der Waals surface area (Å²) in [5.41, 5.74) is 3.22. The summed E-state index contributed by atoms with van der Waals surface area (Å²) in [5.74, 6) is -0.00215. The molecule has 0 bridgehead atoms. The number of carbonyl (C=O) groups is 1. The van der Waals surface area contributed by atoms with Crippen LogP contribution in [0.15, 0.2) is 55.3 Å². The van der Waals surface area contributed by atoms with Gasteiger partial charge in [0.2, 0.25) is 5.91 Å². The monoisotopic (exact) mass is 298 g/mol. The SMILES string of the molecule is C=CC(=O)N1Cc2cc(Cl)ccc2[C@@H](c2ccccn2)C1. The van der Waals surface area contributed by atoms with Gasteiger partial charge < -0.3 is 4.90 Å². The Kier molecular flexibility index (Phi) is 3.76. The molecule has 4 heteroatoms. The van der Waals surface area contributed by atoms with Gasteiger partial charge in [0.1, 0.15) is 0 Å². The maximum absolute atomic E-state index is 12.0. The quantitative estimate of drug-likeness (QED) is 0.796. The highest BCUT2D eigenvalue weighted by Crippen LogP contribution is 2.34. The lowest BCUT2D eigenvalue weighted by Crippen LogP contribution is -2.37. The Morgan fingerprint density at radius 3 is 2.95 bits per heavy atom. The molecule has 1 atom stereocenters. The molecule has 1 amide bonds. The fraction of sp³-hybridized carbons (Fsp3) is 0.176. The minimum atomic E-state index is -0.0680. The van der Waals surface area contributed by atoms with E-state index >= 15 is 0 Å². The topological polar surface area (TPSA) is 33.2 Å². The molecule has 0 saturated carbocycles. The molecule has 0 saturated heterocycles. The first-order chi connectivity index (χ1) is 10.2. The van der Waals surface area contributed by atoms with E-state index in [9.17, 15) is 4.79 Å². The van der Waals surface area contributed by atoms with Crippen LogP contribution in [0.25, 0.3) is 0 Å². The van der Waals surface area contributed by atoms with Gasteiger partial charge in [-0.3, -0.25) is 9.78 Å². The number of fused-ring (bicyclic) bond motifs is 1. The largest absolute Gasteiger partial charge is 0.334 e. The summed E-state index contributed by atoms with van der Waals surface area (Å²) < 4.78 is 0.